The predicted octanol–water partition coefficient (Wildman–Crippen LogP) is 6.03. The van der Waals surface area contributed by atoms with Crippen molar-refractivity contribution in [3.8, 4) is 16.9 Å². The average molecular weight is 568 g/mol. The SMILES string of the molecule is Cc1cc([C@H](C)Oc2cccc(F)c2-c2ccc3c(c2)C=NOB3O)c2oc(N3CCC(C)(C)CC3)c(C)c(=O)c2c1. The molecule has 2 aliphatic rings. The van der Waals surface area contributed by atoms with Crippen LogP contribution in [0.3, 0.4) is 0 Å². The lowest BCUT2D eigenvalue weighted by Gasteiger charge is -2.37. The highest BCUT2D eigenvalue weighted by atomic mass is 19.1. The lowest BCUT2D eigenvalue weighted by molar-refractivity contribution is 0.227. The molecule has 0 aliphatic carbocycles. The van der Waals surface area contributed by atoms with Crippen LogP contribution in [0.1, 0.15) is 62.0 Å². The molecule has 42 heavy (non-hydrogen) atoms. The van der Waals surface area contributed by atoms with E-state index in [9.17, 15) is 9.82 Å². The highest BCUT2D eigenvalue weighted by Gasteiger charge is 2.30. The number of halogens is 1. The number of aryl methyl sites for hydroxylation is 1. The lowest BCUT2D eigenvalue weighted by Crippen LogP contribution is -2.38. The van der Waals surface area contributed by atoms with E-state index in [0.717, 1.165) is 31.5 Å². The Morgan fingerprint density at radius 3 is 2.64 bits per heavy atom. The number of fused-ring (bicyclic) bond motifs is 2. The molecule has 1 saturated heterocycles. The van der Waals surface area contributed by atoms with Crippen molar-refractivity contribution in [1.82, 2.24) is 0 Å². The van der Waals surface area contributed by atoms with Gasteiger partial charge in [-0.05, 0) is 86.1 Å². The number of hydrogen-bond donors (Lipinski definition) is 1. The maximum Gasteiger partial charge on any atom is 0.583 e. The summed E-state index contributed by atoms with van der Waals surface area (Å²) in [5.41, 5.74) is 4.94. The van der Waals surface area contributed by atoms with Crippen LogP contribution in [0.15, 0.2) is 62.9 Å². The third-order valence-corrected chi connectivity index (χ3v) is 8.48. The van der Waals surface area contributed by atoms with Crippen LogP contribution in [-0.4, -0.2) is 31.4 Å². The Bertz CT molecular complexity index is 1770. The Kier molecular flexibility index (Phi) is 7.09. The first-order chi connectivity index (χ1) is 20.0. The van der Waals surface area contributed by atoms with Gasteiger partial charge in [0.25, 0.3) is 0 Å². The molecule has 0 spiro atoms. The van der Waals surface area contributed by atoms with Gasteiger partial charge in [0.1, 0.15) is 23.3 Å². The zero-order chi connectivity index (χ0) is 29.8. The smallest absolute Gasteiger partial charge is 0.485 e. The summed E-state index contributed by atoms with van der Waals surface area (Å²) in [7, 11) is -1.18. The summed E-state index contributed by atoms with van der Waals surface area (Å²) < 4.78 is 33.3. The van der Waals surface area contributed by atoms with Crippen LogP contribution in [0, 0.1) is 25.1 Å². The van der Waals surface area contributed by atoms with Gasteiger partial charge in [-0.25, -0.2) is 4.39 Å². The van der Waals surface area contributed by atoms with E-state index in [4.69, 9.17) is 13.9 Å². The fraction of sp³-hybridized carbons (Fsp3) is 0.333. The first-order valence-corrected chi connectivity index (χ1v) is 14.3. The van der Waals surface area contributed by atoms with E-state index in [2.05, 4.69) is 23.9 Å². The molecule has 4 aromatic rings. The summed E-state index contributed by atoms with van der Waals surface area (Å²) >= 11 is 0. The summed E-state index contributed by atoms with van der Waals surface area (Å²) in [6.45, 7) is 11.8. The van der Waals surface area contributed by atoms with Crippen LogP contribution in [0.2, 0.25) is 0 Å². The standard InChI is InChI=1S/C33H34BFN2O5/c1-19-15-24(31-25(16-19)30(38)20(2)32(41-31)37-13-11-33(4,5)12-14-37)21(3)40-28-8-6-7-27(35)29(28)22-9-10-26-23(17-22)18-36-42-34(26)39/h6-10,15-18,21,39H,11-14H2,1-5H3/t21-/m0/s1. The van der Waals surface area contributed by atoms with Crippen molar-refractivity contribution in [2.24, 2.45) is 10.6 Å². The number of rotatable bonds is 5. The van der Waals surface area contributed by atoms with Gasteiger partial charge < -0.3 is 23.8 Å². The van der Waals surface area contributed by atoms with Gasteiger partial charge in [-0.15, -0.1) is 5.16 Å². The van der Waals surface area contributed by atoms with Crippen molar-refractivity contribution < 1.29 is 23.3 Å². The minimum absolute atomic E-state index is 0.0541. The van der Waals surface area contributed by atoms with Crippen LogP contribution in [0.5, 0.6) is 5.75 Å². The monoisotopic (exact) mass is 568 g/mol. The van der Waals surface area contributed by atoms with Crippen molar-refractivity contribution in [2.45, 2.75) is 53.6 Å². The molecule has 3 heterocycles. The minimum Gasteiger partial charge on any atom is -0.485 e. The fourth-order valence-electron chi connectivity index (χ4n) is 5.88. The zero-order valence-electron chi connectivity index (χ0n) is 24.5. The summed E-state index contributed by atoms with van der Waals surface area (Å²) in [6.07, 6.45) is 2.94. The summed E-state index contributed by atoms with van der Waals surface area (Å²) in [4.78, 5) is 15.8. The van der Waals surface area contributed by atoms with Gasteiger partial charge in [0.15, 0.2) is 5.43 Å². The number of oxime groups is 1. The summed E-state index contributed by atoms with van der Waals surface area (Å²) in [6, 6.07) is 13.7. The summed E-state index contributed by atoms with van der Waals surface area (Å²) in [5, 5.41) is 14.3. The molecule has 0 unspecified atom stereocenters. The van der Waals surface area contributed by atoms with E-state index < -0.39 is 19.0 Å². The highest BCUT2D eigenvalue weighted by Crippen LogP contribution is 2.39. The molecular formula is C33H34BFN2O5. The first kappa shape index (κ1) is 28.0. The molecule has 0 saturated carbocycles. The highest BCUT2D eigenvalue weighted by molar-refractivity contribution is 6.62. The largest absolute Gasteiger partial charge is 0.583 e. The Labute approximate surface area is 244 Å². The van der Waals surface area contributed by atoms with Gasteiger partial charge in [0.05, 0.1) is 22.7 Å². The predicted molar refractivity (Wildman–Crippen MR) is 164 cm³/mol. The van der Waals surface area contributed by atoms with Crippen molar-refractivity contribution in [1.29, 1.82) is 0 Å². The molecule has 0 bridgehead atoms. The minimum atomic E-state index is -1.18. The molecule has 0 amide bonds. The molecule has 1 aromatic heterocycles. The third kappa shape index (κ3) is 5.06. The van der Waals surface area contributed by atoms with Crippen molar-refractivity contribution in [3.63, 3.8) is 0 Å². The van der Waals surface area contributed by atoms with Gasteiger partial charge in [0, 0.05) is 24.1 Å². The molecular weight excluding hydrogens is 534 g/mol. The van der Waals surface area contributed by atoms with E-state index in [0.29, 0.717) is 50.3 Å². The Balaban J connectivity index is 1.40. The normalized spacial score (nSPS) is 16.7. The maximum atomic E-state index is 15.4. The summed E-state index contributed by atoms with van der Waals surface area (Å²) in [5.74, 6) is 0.499. The van der Waals surface area contributed by atoms with Gasteiger partial charge in [-0.2, -0.15) is 0 Å². The number of anilines is 1. The van der Waals surface area contributed by atoms with Gasteiger partial charge in [-0.1, -0.05) is 32.0 Å². The molecule has 6 rings (SSSR count). The Hall–Kier alpha value is -4.11. The number of piperidine rings is 1. The lowest BCUT2D eigenvalue weighted by atomic mass is 9.75. The van der Waals surface area contributed by atoms with Gasteiger partial charge in [0.2, 0.25) is 5.88 Å². The van der Waals surface area contributed by atoms with Crippen molar-refractivity contribution >= 4 is 35.6 Å². The second kappa shape index (κ2) is 10.6. The van der Waals surface area contributed by atoms with Gasteiger partial charge in [-0.3, -0.25) is 4.79 Å². The van der Waals surface area contributed by atoms with E-state index in [1.165, 1.54) is 12.3 Å². The number of ether oxygens (including phenoxy) is 1. The topological polar surface area (TPSA) is 84.5 Å². The molecule has 1 N–H and O–H groups in total. The first-order valence-electron chi connectivity index (χ1n) is 14.3. The van der Waals surface area contributed by atoms with E-state index in [-0.39, 0.29) is 16.4 Å². The molecule has 2 aliphatic heterocycles. The molecule has 0 radical (unpaired) electrons. The van der Waals surface area contributed by atoms with Crippen LogP contribution in [0.4, 0.5) is 10.3 Å². The number of nitrogens with zero attached hydrogens (tertiary/aromatic N) is 2. The van der Waals surface area contributed by atoms with Crippen LogP contribution in [-0.2, 0) is 4.76 Å². The Morgan fingerprint density at radius 1 is 1.12 bits per heavy atom. The van der Waals surface area contributed by atoms with E-state index in [1.807, 2.05) is 32.9 Å². The molecule has 7 nitrogen and oxygen atoms in total. The van der Waals surface area contributed by atoms with E-state index >= 15 is 4.39 Å². The second-order valence-corrected chi connectivity index (χ2v) is 12.2. The third-order valence-electron chi connectivity index (χ3n) is 8.48. The molecule has 3 aromatic carbocycles. The second-order valence-electron chi connectivity index (χ2n) is 12.2. The van der Waals surface area contributed by atoms with Crippen LogP contribution < -0.4 is 20.5 Å². The Morgan fingerprint density at radius 2 is 1.88 bits per heavy atom. The van der Waals surface area contributed by atoms with Crippen molar-refractivity contribution in [3.05, 3.63) is 86.8 Å². The molecule has 1 fully saturated rings. The van der Waals surface area contributed by atoms with E-state index in [1.54, 1.807) is 30.3 Å². The maximum absolute atomic E-state index is 15.4. The van der Waals surface area contributed by atoms with Crippen LogP contribution >= 0.6 is 0 Å². The molecule has 9 heteroatoms. The molecule has 216 valence electrons. The molecule has 1 atom stereocenters. The quantitative estimate of drug-likeness (QED) is 0.296. The van der Waals surface area contributed by atoms with Crippen LogP contribution in [0.25, 0.3) is 22.1 Å². The van der Waals surface area contributed by atoms with Crippen molar-refractivity contribution in [2.75, 3.05) is 18.0 Å². The number of benzene rings is 3. The van der Waals surface area contributed by atoms with Gasteiger partial charge >= 0.3 is 7.12 Å². The average Bonchev–Trinajstić information content (AvgIpc) is 2.95. The fourth-order valence-corrected chi connectivity index (χ4v) is 5.88. The number of hydrogen-bond acceptors (Lipinski definition) is 7. The zero-order valence-corrected chi connectivity index (χ0v) is 24.5.